The number of halogens is 4. The summed E-state index contributed by atoms with van der Waals surface area (Å²) in [5.41, 5.74) is -2.56. The lowest BCUT2D eigenvalue weighted by Gasteiger charge is -2.26. The van der Waals surface area contributed by atoms with E-state index in [0.29, 0.717) is 6.42 Å². The van der Waals surface area contributed by atoms with Crippen LogP contribution in [0, 0.1) is 5.41 Å². The molecule has 2 heterocycles. The number of esters is 1. The molecule has 0 saturated carbocycles. The molecule has 2 aromatic heterocycles. The predicted octanol–water partition coefficient (Wildman–Crippen LogP) is 5.23. The number of ether oxygens (including phenoxy) is 2. The maximum absolute atomic E-state index is 12.9. The van der Waals surface area contributed by atoms with Crippen molar-refractivity contribution >= 4 is 17.6 Å². The van der Waals surface area contributed by atoms with E-state index in [0.717, 1.165) is 13.8 Å². The van der Waals surface area contributed by atoms with E-state index < -0.39 is 29.8 Å². The molecule has 0 spiro atoms. The third-order valence-electron chi connectivity index (χ3n) is 4.42. The van der Waals surface area contributed by atoms with Crippen molar-refractivity contribution in [3.8, 4) is 11.7 Å². The van der Waals surface area contributed by atoms with Crippen LogP contribution in [0.3, 0.4) is 0 Å². The summed E-state index contributed by atoms with van der Waals surface area (Å²) in [5, 5.41) is 3.97. The molecule has 0 aliphatic carbocycles. The highest BCUT2D eigenvalue weighted by Crippen LogP contribution is 2.37. The second-order valence-corrected chi connectivity index (χ2v) is 8.14. The third kappa shape index (κ3) is 5.62. The molecule has 0 atom stereocenters. The summed E-state index contributed by atoms with van der Waals surface area (Å²) >= 11 is 6.11. The fraction of sp³-hybridized carbons (Fsp3) is 0.526. The highest BCUT2D eigenvalue weighted by Gasteiger charge is 2.48. The molecule has 29 heavy (non-hydrogen) atoms. The number of rotatable bonds is 7. The molecule has 0 bridgehead atoms. The van der Waals surface area contributed by atoms with Crippen molar-refractivity contribution in [1.29, 1.82) is 0 Å². The molecule has 6 nitrogen and oxygen atoms in total. The SMILES string of the molecule is CCC(C)(C)OC(=O)c1ccc(-n2ccc(OCC(C)(C)C(F)(F)F)n2)nc1Cl. The van der Waals surface area contributed by atoms with E-state index in [2.05, 4.69) is 10.1 Å². The second-order valence-electron chi connectivity index (χ2n) is 7.78. The molecule has 0 unspecified atom stereocenters. The molecule has 0 aliphatic rings. The summed E-state index contributed by atoms with van der Waals surface area (Å²) in [4.78, 5) is 16.4. The summed E-state index contributed by atoms with van der Waals surface area (Å²) in [7, 11) is 0. The minimum atomic E-state index is -4.40. The Morgan fingerprint density at radius 2 is 1.83 bits per heavy atom. The smallest absolute Gasteiger partial charge is 0.397 e. The second kappa shape index (κ2) is 8.22. The molecule has 0 amide bonds. The largest absolute Gasteiger partial charge is 0.476 e. The number of carbonyl (C=O) groups is 1. The molecule has 10 heteroatoms. The van der Waals surface area contributed by atoms with Crippen LogP contribution < -0.4 is 4.74 Å². The summed E-state index contributed by atoms with van der Waals surface area (Å²) in [6, 6.07) is 4.36. The maximum Gasteiger partial charge on any atom is 0.397 e. The number of carbonyl (C=O) groups excluding carboxylic acids is 1. The van der Waals surface area contributed by atoms with Crippen molar-refractivity contribution in [3.63, 3.8) is 0 Å². The molecule has 0 fully saturated rings. The van der Waals surface area contributed by atoms with Gasteiger partial charge < -0.3 is 9.47 Å². The molecule has 0 aliphatic heterocycles. The summed E-state index contributed by atoms with van der Waals surface area (Å²) in [6.45, 7) is 6.97. The van der Waals surface area contributed by atoms with Gasteiger partial charge in [0, 0.05) is 12.3 Å². The van der Waals surface area contributed by atoms with Gasteiger partial charge in [-0.3, -0.25) is 0 Å². The fourth-order valence-electron chi connectivity index (χ4n) is 1.93. The quantitative estimate of drug-likeness (QED) is 0.441. The molecule has 0 aromatic carbocycles. The van der Waals surface area contributed by atoms with Gasteiger partial charge in [-0.05, 0) is 46.2 Å². The van der Waals surface area contributed by atoms with Gasteiger partial charge in [-0.1, -0.05) is 18.5 Å². The number of hydrogen-bond donors (Lipinski definition) is 0. The van der Waals surface area contributed by atoms with Crippen molar-refractivity contribution in [3.05, 3.63) is 35.1 Å². The van der Waals surface area contributed by atoms with Crippen LogP contribution in [-0.4, -0.2) is 39.1 Å². The predicted molar refractivity (Wildman–Crippen MR) is 101 cm³/mol. The van der Waals surface area contributed by atoms with Crippen LogP contribution >= 0.6 is 11.6 Å². The topological polar surface area (TPSA) is 66.2 Å². The molecule has 0 radical (unpaired) electrons. The molecule has 160 valence electrons. The Labute approximate surface area is 172 Å². The van der Waals surface area contributed by atoms with Crippen LogP contribution in [0.25, 0.3) is 5.82 Å². The number of nitrogens with zero attached hydrogens (tertiary/aromatic N) is 3. The van der Waals surface area contributed by atoms with Gasteiger partial charge >= 0.3 is 12.1 Å². The van der Waals surface area contributed by atoms with E-state index in [1.807, 2.05) is 6.92 Å². The van der Waals surface area contributed by atoms with Crippen LogP contribution in [0.2, 0.25) is 5.15 Å². The van der Waals surface area contributed by atoms with E-state index >= 15 is 0 Å². The van der Waals surface area contributed by atoms with Gasteiger partial charge in [-0.15, -0.1) is 5.10 Å². The molecule has 2 aromatic rings. The van der Waals surface area contributed by atoms with E-state index in [4.69, 9.17) is 21.1 Å². The van der Waals surface area contributed by atoms with Gasteiger partial charge in [-0.2, -0.15) is 13.2 Å². The summed E-state index contributed by atoms with van der Waals surface area (Å²) in [6.07, 6.45) is -2.31. The summed E-state index contributed by atoms with van der Waals surface area (Å²) in [5.74, 6) is -0.320. The molecular formula is C19H23ClF3N3O3. The van der Waals surface area contributed by atoms with E-state index in [9.17, 15) is 18.0 Å². The van der Waals surface area contributed by atoms with E-state index in [1.165, 1.54) is 29.1 Å². The summed E-state index contributed by atoms with van der Waals surface area (Å²) < 4.78 is 50.6. The van der Waals surface area contributed by atoms with Crippen molar-refractivity contribution < 1.29 is 27.4 Å². The average Bonchev–Trinajstić information content (AvgIpc) is 3.07. The lowest BCUT2D eigenvalue weighted by Crippen LogP contribution is -2.37. The zero-order valence-electron chi connectivity index (χ0n) is 16.8. The van der Waals surface area contributed by atoms with Gasteiger partial charge in [0.25, 0.3) is 0 Å². The monoisotopic (exact) mass is 433 g/mol. The Morgan fingerprint density at radius 3 is 2.38 bits per heavy atom. The zero-order valence-corrected chi connectivity index (χ0v) is 17.6. The van der Waals surface area contributed by atoms with Gasteiger partial charge in [0.05, 0.1) is 11.0 Å². The first-order valence-corrected chi connectivity index (χ1v) is 9.29. The first-order chi connectivity index (χ1) is 13.3. The van der Waals surface area contributed by atoms with Crippen molar-refractivity contribution in [2.45, 2.75) is 52.8 Å². The normalized spacial score (nSPS) is 12.7. The highest BCUT2D eigenvalue weighted by molar-refractivity contribution is 6.32. The van der Waals surface area contributed by atoms with Crippen LogP contribution in [0.15, 0.2) is 24.4 Å². The first-order valence-electron chi connectivity index (χ1n) is 8.91. The Balaban J connectivity index is 2.13. The minimum Gasteiger partial charge on any atom is -0.476 e. The third-order valence-corrected chi connectivity index (χ3v) is 4.71. The Bertz CT molecular complexity index is 879. The molecular weight excluding hydrogens is 411 g/mol. The van der Waals surface area contributed by atoms with E-state index in [-0.39, 0.29) is 22.4 Å². The zero-order chi connectivity index (χ0) is 22.0. The molecule has 0 saturated heterocycles. The van der Waals surface area contributed by atoms with Gasteiger partial charge in [0.1, 0.15) is 17.4 Å². The number of aromatic nitrogens is 3. The number of pyridine rings is 1. The first kappa shape index (κ1) is 23.0. The van der Waals surface area contributed by atoms with E-state index in [1.54, 1.807) is 13.8 Å². The Morgan fingerprint density at radius 1 is 1.17 bits per heavy atom. The minimum absolute atomic E-state index is 0.00780. The van der Waals surface area contributed by atoms with Crippen molar-refractivity contribution in [2.24, 2.45) is 5.41 Å². The van der Waals surface area contributed by atoms with Gasteiger partial charge in [0.15, 0.2) is 5.82 Å². The lowest BCUT2D eigenvalue weighted by atomic mass is 9.94. The Hall–Kier alpha value is -2.29. The molecule has 2 rings (SSSR count). The highest BCUT2D eigenvalue weighted by atomic mass is 35.5. The van der Waals surface area contributed by atoms with Gasteiger partial charge in [0.2, 0.25) is 5.88 Å². The fourth-order valence-corrected chi connectivity index (χ4v) is 2.16. The lowest BCUT2D eigenvalue weighted by molar-refractivity contribution is -0.219. The maximum atomic E-state index is 12.9. The molecule has 0 N–H and O–H groups in total. The standard InChI is InChI=1S/C19H23ClF3N3O3/c1-6-18(4,5)29-16(27)12-7-8-13(24-15(12)20)26-10-9-14(25-26)28-11-17(2,3)19(21,22)23/h7-10H,6,11H2,1-5H3. The Kier molecular flexibility index (Phi) is 6.51. The van der Waals surface area contributed by atoms with Crippen LogP contribution in [0.1, 0.15) is 51.4 Å². The van der Waals surface area contributed by atoms with Gasteiger partial charge in [-0.25, -0.2) is 14.5 Å². The average molecular weight is 434 g/mol. The van der Waals surface area contributed by atoms with Crippen molar-refractivity contribution in [2.75, 3.05) is 6.61 Å². The number of hydrogen-bond acceptors (Lipinski definition) is 5. The van der Waals surface area contributed by atoms with Crippen molar-refractivity contribution in [1.82, 2.24) is 14.8 Å². The van der Waals surface area contributed by atoms with Crippen LogP contribution in [-0.2, 0) is 4.74 Å². The van der Waals surface area contributed by atoms with Crippen LogP contribution in [0.4, 0.5) is 13.2 Å². The van der Waals surface area contributed by atoms with Crippen LogP contribution in [0.5, 0.6) is 5.88 Å². The number of alkyl halides is 3.